The molecule has 2 fully saturated rings. The zero-order chi connectivity index (χ0) is 22.8. The molecule has 1 aromatic carbocycles. The van der Waals surface area contributed by atoms with E-state index in [9.17, 15) is 22.7 Å². The molecule has 8 nitrogen and oxygen atoms in total. The number of nitrogens with one attached hydrogen (secondary N) is 1. The normalized spacial score (nSPS) is 31.8. The van der Waals surface area contributed by atoms with Crippen LogP contribution in [0.5, 0.6) is 0 Å². The minimum atomic E-state index is -3.74. The Morgan fingerprint density at radius 2 is 1.94 bits per heavy atom. The number of carbonyl (C=O) groups is 1. The van der Waals surface area contributed by atoms with Gasteiger partial charge in [-0.05, 0) is 44.1 Å². The summed E-state index contributed by atoms with van der Waals surface area (Å²) in [5.41, 5.74) is 1.11. The summed E-state index contributed by atoms with van der Waals surface area (Å²) in [7, 11) is -0.939. The molecule has 1 heterocycles. The van der Waals surface area contributed by atoms with Crippen molar-refractivity contribution in [3.8, 4) is 0 Å². The summed E-state index contributed by atoms with van der Waals surface area (Å²) in [6.07, 6.45) is -0.926. The number of alkyl halides is 1. The van der Waals surface area contributed by atoms with Gasteiger partial charge in [0.1, 0.15) is 6.17 Å². The summed E-state index contributed by atoms with van der Waals surface area (Å²) >= 11 is 0. The van der Waals surface area contributed by atoms with E-state index < -0.39 is 40.7 Å². The van der Waals surface area contributed by atoms with E-state index in [1.165, 1.54) is 19.0 Å². The van der Waals surface area contributed by atoms with E-state index in [0.717, 1.165) is 16.3 Å². The molecule has 3 rings (SSSR count). The SMILES string of the molecule is C[C@@H]1C[C@H](NS(=O)(=O)N(C)C)[C@H](CO[C@@H]2CC[C@H](c3ccccc3)CC2F)N1C(=O)O. The predicted molar refractivity (Wildman–Crippen MR) is 115 cm³/mol. The third-order valence-corrected chi connectivity index (χ3v) is 7.92. The van der Waals surface area contributed by atoms with Gasteiger partial charge in [-0.1, -0.05) is 30.3 Å². The van der Waals surface area contributed by atoms with Crippen LogP contribution in [0.25, 0.3) is 0 Å². The van der Waals surface area contributed by atoms with Crippen LogP contribution in [0.15, 0.2) is 30.3 Å². The van der Waals surface area contributed by atoms with E-state index in [1.54, 1.807) is 6.92 Å². The molecule has 1 amide bonds. The Bertz CT molecular complexity index is 854. The molecule has 1 saturated carbocycles. The first-order valence-corrected chi connectivity index (χ1v) is 12.1. The number of halogens is 1. The molecule has 10 heteroatoms. The molecule has 1 aliphatic heterocycles. The van der Waals surface area contributed by atoms with Crippen LogP contribution in [0.2, 0.25) is 0 Å². The fourth-order valence-corrected chi connectivity index (χ4v) is 5.48. The Labute approximate surface area is 183 Å². The summed E-state index contributed by atoms with van der Waals surface area (Å²) in [4.78, 5) is 13.0. The van der Waals surface area contributed by atoms with Crippen LogP contribution in [0, 0.1) is 0 Å². The first kappa shape index (κ1) is 23.9. The van der Waals surface area contributed by atoms with Crippen LogP contribution in [0.3, 0.4) is 0 Å². The number of benzene rings is 1. The van der Waals surface area contributed by atoms with E-state index in [0.29, 0.717) is 19.3 Å². The highest BCUT2D eigenvalue weighted by Crippen LogP contribution is 2.36. The largest absolute Gasteiger partial charge is 0.465 e. The van der Waals surface area contributed by atoms with E-state index in [-0.39, 0.29) is 18.6 Å². The molecule has 1 aliphatic carbocycles. The number of hydrogen-bond acceptors (Lipinski definition) is 4. The highest BCUT2D eigenvalue weighted by Gasteiger charge is 2.45. The average molecular weight is 458 g/mol. The Morgan fingerprint density at radius 1 is 1.26 bits per heavy atom. The third-order valence-electron chi connectivity index (χ3n) is 6.36. The number of ether oxygens (including phenoxy) is 1. The van der Waals surface area contributed by atoms with Crippen molar-refractivity contribution in [3.63, 3.8) is 0 Å². The van der Waals surface area contributed by atoms with Crippen LogP contribution in [0.1, 0.15) is 44.1 Å². The highest BCUT2D eigenvalue weighted by molar-refractivity contribution is 7.87. The fourth-order valence-electron chi connectivity index (χ4n) is 4.63. The summed E-state index contributed by atoms with van der Waals surface area (Å²) in [6, 6.07) is 8.09. The van der Waals surface area contributed by atoms with Gasteiger partial charge in [0.15, 0.2) is 0 Å². The Balaban J connectivity index is 1.65. The average Bonchev–Trinajstić information content (AvgIpc) is 3.01. The monoisotopic (exact) mass is 457 g/mol. The summed E-state index contributed by atoms with van der Waals surface area (Å²) in [5.74, 6) is 0.137. The molecular formula is C21H32FN3O5S. The lowest BCUT2D eigenvalue weighted by molar-refractivity contribution is -0.0476. The molecule has 1 unspecified atom stereocenters. The minimum Gasteiger partial charge on any atom is -0.465 e. The topological polar surface area (TPSA) is 99.2 Å². The summed E-state index contributed by atoms with van der Waals surface area (Å²) in [6.45, 7) is 1.67. The number of rotatable bonds is 7. The third kappa shape index (κ3) is 5.54. The van der Waals surface area contributed by atoms with Crippen molar-refractivity contribution in [2.75, 3.05) is 20.7 Å². The van der Waals surface area contributed by atoms with Gasteiger partial charge in [-0.2, -0.15) is 17.4 Å². The van der Waals surface area contributed by atoms with Gasteiger partial charge in [0, 0.05) is 26.2 Å². The van der Waals surface area contributed by atoms with E-state index in [2.05, 4.69) is 4.72 Å². The number of nitrogens with zero attached hydrogens (tertiary/aromatic N) is 2. The Morgan fingerprint density at radius 3 is 2.52 bits per heavy atom. The minimum absolute atomic E-state index is 0.0572. The number of hydrogen-bond donors (Lipinski definition) is 2. The Kier molecular flexibility index (Phi) is 7.56. The fraction of sp³-hybridized carbons (Fsp3) is 0.667. The molecule has 6 atom stereocenters. The molecule has 0 bridgehead atoms. The van der Waals surface area contributed by atoms with Gasteiger partial charge in [-0.25, -0.2) is 9.18 Å². The molecule has 1 saturated heterocycles. The first-order chi connectivity index (χ1) is 14.6. The van der Waals surface area contributed by atoms with Crippen molar-refractivity contribution >= 4 is 16.3 Å². The second kappa shape index (κ2) is 9.81. The van der Waals surface area contributed by atoms with Crippen LogP contribution in [-0.4, -0.2) is 79.9 Å². The van der Waals surface area contributed by atoms with E-state index in [4.69, 9.17) is 4.74 Å². The maximum atomic E-state index is 14.9. The standard InChI is InChI=1S/C21H32FN3O5S/c1-14-11-18(23-31(28,29)24(2)3)19(25(14)21(26)27)13-30-20-10-9-16(12-17(20)22)15-7-5-4-6-8-15/h4-8,14,16-20,23H,9-13H2,1-3H3,(H,26,27)/t14-,16+,17?,18+,19+,20-/m1/s1. The molecule has 1 aromatic rings. The van der Waals surface area contributed by atoms with Gasteiger partial charge in [0.2, 0.25) is 0 Å². The van der Waals surface area contributed by atoms with E-state index in [1.807, 2.05) is 30.3 Å². The highest BCUT2D eigenvalue weighted by atomic mass is 32.2. The second-order valence-corrected chi connectivity index (χ2v) is 10.6. The van der Waals surface area contributed by atoms with Crippen LogP contribution in [0.4, 0.5) is 9.18 Å². The zero-order valence-electron chi connectivity index (χ0n) is 18.1. The molecule has 0 radical (unpaired) electrons. The first-order valence-electron chi connectivity index (χ1n) is 10.6. The smallest absolute Gasteiger partial charge is 0.407 e. The second-order valence-electron chi connectivity index (χ2n) is 8.66. The molecule has 174 valence electrons. The lowest BCUT2D eigenvalue weighted by atomic mass is 9.81. The van der Waals surface area contributed by atoms with Gasteiger partial charge in [-0.15, -0.1) is 0 Å². The summed E-state index contributed by atoms with van der Waals surface area (Å²) in [5, 5.41) is 9.64. The predicted octanol–water partition coefficient (Wildman–Crippen LogP) is 2.58. The van der Waals surface area contributed by atoms with Gasteiger partial charge in [0.25, 0.3) is 10.2 Å². The van der Waals surface area contributed by atoms with Crippen molar-refractivity contribution in [3.05, 3.63) is 35.9 Å². The maximum absolute atomic E-state index is 14.9. The molecule has 31 heavy (non-hydrogen) atoms. The number of amides is 1. The van der Waals surface area contributed by atoms with Crippen molar-refractivity contribution < 1.29 is 27.4 Å². The van der Waals surface area contributed by atoms with Crippen LogP contribution < -0.4 is 4.72 Å². The quantitative estimate of drug-likeness (QED) is 0.656. The summed E-state index contributed by atoms with van der Waals surface area (Å²) < 4.78 is 49.0. The van der Waals surface area contributed by atoms with Gasteiger partial charge >= 0.3 is 6.09 Å². The maximum Gasteiger partial charge on any atom is 0.407 e. The van der Waals surface area contributed by atoms with Gasteiger partial charge in [0.05, 0.1) is 18.8 Å². The van der Waals surface area contributed by atoms with Crippen LogP contribution in [-0.2, 0) is 14.9 Å². The van der Waals surface area contributed by atoms with Crippen molar-refractivity contribution in [1.82, 2.24) is 13.9 Å². The van der Waals surface area contributed by atoms with Gasteiger partial charge in [-0.3, -0.25) is 4.90 Å². The van der Waals surface area contributed by atoms with Crippen molar-refractivity contribution in [2.24, 2.45) is 0 Å². The number of carboxylic acid groups (broad SMARTS) is 1. The van der Waals surface area contributed by atoms with Crippen LogP contribution >= 0.6 is 0 Å². The lowest BCUT2D eigenvalue weighted by Gasteiger charge is -2.34. The zero-order valence-corrected chi connectivity index (χ0v) is 19.0. The van der Waals surface area contributed by atoms with Gasteiger partial charge < -0.3 is 9.84 Å². The Hall–Kier alpha value is -1.75. The lowest BCUT2D eigenvalue weighted by Crippen LogP contribution is -2.52. The number of likely N-dealkylation sites (tertiary alicyclic amines) is 1. The molecule has 0 aromatic heterocycles. The van der Waals surface area contributed by atoms with Crippen molar-refractivity contribution in [1.29, 1.82) is 0 Å². The van der Waals surface area contributed by atoms with E-state index >= 15 is 0 Å². The molecule has 2 aliphatic rings. The van der Waals surface area contributed by atoms with Crippen molar-refractivity contribution in [2.45, 2.75) is 68.9 Å². The molecular weight excluding hydrogens is 425 g/mol. The molecule has 0 spiro atoms. The molecule has 2 N–H and O–H groups in total.